The summed E-state index contributed by atoms with van der Waals surface area (Å²) in [6.45, 7) is 0.575. The third kappa shape index (κ3) is 3.31. The second kappa shape index (κ2) is 7.23. The number of rotatable bonds is 3. The fraction of sp³-hybridized carbons (Fsp3) is 0.211. The molecule has 26 heavy (non-hydrogen) atoms. The summed E-state index contributed by atoms with van der Waals surface area (Å²) >= 11 is 1.56. The molecule has 3 aromatic rings. The van der Waals surface area contributed by atoms with Crippen molar-refractivity contribution in [2.75, 3.05) is 6.61 Å². The smallest absolute Gasteiger partial charge is 0.270 e. The molecule has 2 aromatic heterocycles. The summed E-state index contributed by atoms with van der Waals surface area (Å²) in [7, 11) is 0. The second-order valence-electron chi connectivity index (χ2n) is 5.99. The lowest BCUT2D eigenvalue weighted by Crippen LogP contribution is -2.46. The van der Waals surface area contributed by atoms with E-state index in [1.54, 1.807) is 17.4 Å². The Morgan fingerprint density at radius 2 is 2.04 bits per heavy atom. The molecule has 0 saturated carbocycles. The zero-order valence-electron chi connectivity index (χ0n) is 13.9. The van der Waals surface area contributed by atoms with Gasteiger partial charge < -0.3 is 4.74 Å². The van der Waals surface area contributed by atoms with Crippen molar-refractivity contribution in [3.05, 3.63) is 53.4 Å². The van der Waals surface area contributed by atoms with E-state index in [0.717, 1.165) is 27.9 Å². The van der Waals surface area contributed by atoms with Crippen LogP contribution in [0.25, 0.3) is 21.5 Å². The highest BCUT2D eigenvalue weighted by atomic mass is 32.1. The molecule has 1 aliphatic heterocycles. The maximum absolute atomic E-state index is 12.7. The number of aromatic nitrogens is 1. The van der Waals surface area contributed by atoms with Crippen LogP contribution in [0.4, 0.5) is 0 Å². The number of fused-ring (bicyclic) bond motifs is 1. The predicted octanol–water partition coefficient (Wildman–Crippen LogP) is 2.90. The lowest BCUT2D eigenvalue weighted by atomic mass is 10.1. The lowest BCUT2D eigenvalue weighted by molar-refractivity contribution is -0.130. The maximum atomic E-state index is 12.7. The Balaban J connectivity index is 1.61. The average Bonchev–Trinajstić information content (AvgIpc) is 3.38. The predicted molar refractivity (Wildman–Crippen MR) is 99.6 cm³/mol. The number of hydrogen-bond donors (Lipinski definition) is 2. The van der Waals surface area contributed by atoms with E-state index in [1.807, 2.05) is 41.8 Å². The van der Waals surface area contributed by atoms with Crippen LogP contribution in [0.1, 0.15) is 23.2 Å². The summed E-state index contributed by atoms with van der Waals surface area (Å²) in [5, 5.41) is 2.70. The van der Waals surface area contributed by atoms with Gasteiger partial charge in [0.15, 0.2) is 0 Å². The van der Waals surface area contributed by atoms with Gasteiger partial charge in [0, 0.05) is 12.0 Å². The minimum Gasteiger partial charge on any atom is -0.368 e. The molecule has 1 saturated heterocycles. The minimum atomic E-state index is -0.494. The molecule has 3 heterocycles. The summed E-state index contributed by atoms with van der Waals surface area (Å²) in [6, 6.07) is 13.1. The monoisotopic (exact) mass is 367 g/mol. The lowest BCUT2D eigenvalue weighted by Gasteiger charge is -2.13. The van der Waals surface area contributed by atoms with Crippen LogP contribution in [-0.4, -0.2) is 29.5 Å². The van der Waals surface area contributed by atoms with Crippen LogP contribution in [0, 0.1) is 0 Å². The van der Waals surface area contributed by atoms with Crippen LogP contribution < -0.4 is 10.9 Å². The van der Waals surface area contributed by atoms with Gasteiger partial charge in [-0.2, -0.15) is 0 Å². The van der Waals surface area contributed by atoms with E-state index in [1.165, 1.54) is 0 Å². The molecule has 0 spiro atoms. The molecule has 0 aliphatic carbocycles. The summed E-state index contributed by atoms with van der Waals surface area (Å²) in [5.41, 5.74) is 6.88. The molecule has 0 radical (unpaired) electrons. The van der Waals surface area contributed by atoms with Crippen LogP contribution >= 0.6 is 11.3 Å². The van der Waals surface area contributed by atoms with Crippen molar-refractivity contribution in [2.45, 2.75) is 18.9 Å². The fourth-order valence-electron chi connectivity index (χ4n) is 2.96. The molecule has 4 rings (SSSR count). The first-order chi connectivity index (χ1) is 12.7. The number of carbonyl (C=O) groups is 2. The Kier molecular flexibility index (Phi) is 4.64. The van der Waals surface area contributed by atoms with Gasteiger partial charge in [0.1, 0.15) is 6.10 Å². The standard InChI is InChI=1S/C19H17N3O3S/c23-18(21-22-19(24)16-7-3-9-25-16)13-11-15(17-8-4-10-26-17)20-14-6-2-1-5-12(13)14/h1-2,4-6,8,10-11,16H,3,7,9H2,(H,21,23)(H,22,24). The fourth-order valence-corrected chi connectivity index (χ4v) is 3.65. The molecule has 132 valence electrons. The normalized spacial score (nSPS) is 16.5. The summed E-state index contributed by atoms with van der Waals surface area (Å²) in [5.74, 6) is -0.708. The van der Waals surface area contributed by atoms with Gasteiger partial charge in [-0.1, -0.05) is 24.3 Å². The van der Waals surface area contributed by atoms with Gasteiger partial charge in [-0.25, -0.2) is 4.98 Å². The SMILES string of the molecule is O=C(NNC(=O)C1CCCO1)c1cc(-c2cccs2)nc2ccccc12. The summed E-state index contributed by atoms with van der Waals surface area (Å²) in [4.78, 5) is 30.4. The molecule has 1 fully saturated rings. The van der Waals surface area contributed by atoms with Gasteiger partial charge in [-0.05, 0) is 36.4 Å². The molecule has 1 unspecified atom stereocenters. The van der Waals surface area contributed by atoms with Gasteiger partial charge in [0.05, 0.1) is 21.7 Å². The van der Waals surface area contributed by atoms with Gasteiger partial charge in [0.2, 0.25) is 0 Å². The van der Waals surface area contributed by atoms with Crippen LogP contribution in [0.15, 0.2) is 47.8 Å². The van der Waals surface area contributed by atoms with Crippen molar-refractivity contribution >= 4 is 34.1 Å². The molecule has 1 atom stereocenters. The quantitative estimate of drug-likeness (QED) is 0.698. The van der Waals surface area contributed by atoms with Crippen molar-refractivity contribution in [3.8, 4) is 10.6 Å². The highest BCUT2D eigenvalue weighted by Gasteiger charge is 2.24. The first-order valence-corrected chi connectivity index (χ1v) is 9.26. The third-order valence-corrected chi connectivity index (χ3v) is 5.15. The van der Waals surface area contributed by atoms with Crippen LogP contribution in [0.2, 0.25) is 0 Å². The van der Waals surface area contributed by atoms with E-state index in [2.05, 4.69) is 15.8 Å². The Labute approximate surface area is 154 Å². The van der Waals surface area contributed by atoms with E-state index in [-0.39, 0.29) is 11.8 Å². The van der Waals surface area contributed by atoms with Crippen molar-refractivity contribution in [3.63, 3.8) is 0 Å². The zero-order chi connectivity index (χ0) is 17.9. The molecule has 2 amide bonds. The van der Waals surface area contributed by atoms with E-state index in [9.17, 15) is 9.59 Å². The third-order valence-electron chi connectivity index (χ3n) is 4.26. The number of pyridine rings is 1. The number of benzene rings is 1. The Bertz CT molecular complexity index is 950. The number of para-hydroxylation sites is 1. The minimum absolute atomic E-state index is 0.326. The zero-order valence-corrected chi connectivity index (χ0v) is 14.7. The van der Waals surface area contributed by atoms with E-state index < -0.39 is 6.10 Å². The molecule has 6 nitrogen and oxygen atoms in total. The second-order valence-corrected chi connectivity index (χ2v) is 6.94. The maximum Gasteiger partial charge on any atom is 0.270 e. The van der Waals surface area contributed by atoms with Crippen molar-refractivity contribution < 1.29 is 14.3 Å². The van der Waals surface area contributed by atoms with Crippen molar-refractivity contribution in [1.29, 1.82) is 0 Å². The highest BCUT2D eigenvalue weighted by molar-refractivity contribution is 7.13. The van der Waals surface area contributed by atoms with Crippen molar-refractivity contribution in [2.24, 2.45) is 0 Å². The number of nitrogens with zero attached hydrogens (tertiary/aromatic N) is 1. The Hall–Kier alpha value is -2.77. The first kappa shape index (κ1) is 16.7. The number of thiophene rings is 1. The summed E-state index contributed by atoms with van der Waals surface area (Å²) < 4.78 is 5.32. The van der Waals surface area contributed by atoms with E-state index in [0.29, 0.717) is 18.6 Å². The van der Waals surface area contributed by atoms with Crippen LogP contribution in [-0.2, 0) is 9.53 Å². The number of hydrazine groups is 1. The number of carbonyl (C=O) groups excluding carboxylic acids is 2. The molecule has 1 aliphatic rings. The van der Waals surface area contributed by atoms with E-state index in [4.69, 9.17) is 4.74 Å². The molecule has 0 bridgehead atoms. The number of amides is 2. The number of hydrogen-bond acceptors (Lipinski definition) is 5. The average molecular weight is 367 g/mol. The number of nitrogens with one attached hydrogen (secondary N) is 2. The highest BCUT2D eigenvalue weighted by Crippen LogP contribution is 2.27. The van der Waals surface area contributed by atoms with Crippen molar-refractivity contribution in [1.82, 2.24) is 15.8 Å². The van der Waals surface area contributed by atoms with Gasteiger partial charge >= 0.3 is 0 Å². The molecule has 1 aromatic carbocycles. The Morgan fingerprint density at radius 1 is 1.15 bits per heavy atom. The first-order valence-electron chi connectivity index (χ1n) is 8.38. The molecular weight excluding hydrogens is 350 g/mol. The van der Waals surface area contributed by atoms with Gasteiger partial charge in [-0.15, -0.1) is 11.3 Å². The molecule has 2 N–H and O–H groups in total. The Morgan fingerprint density at radius 3 is 2.81 bits per heavy atom. The topological polar surface area (TPSA) is 80.3 Å². The number of ether oxygens (including phenoxy) is 1. The molecule has 7 heteroatoms. The van der Waals surface area contributed by atoms with Gasteiger partial charge in [-0.3, -0.25) is 20.4 Å². The largest absolute Gasteiger partial charge is 0.368 e. The molecular formula is C19H17N3O3S. The van der Waals surface area contributed by atoms with Crippen LogP contribution in [0.3, 0.4) is 0 Å². The van der Waals surface area contributed by atoms with Gasteiger partial charge in [0.25, 0.3) is 11.8 Å². The van der Waals surface area contributed by atoms with E-state index >= 15 is 0 Å². The van der Waals surface area contributed by atoms with Crippen LogP contribution in [0.5, 0.6) is 0 Å². The summed E-state index contributed by atoms with van der Waals surface area (Å²) in [6.07, 6.45) is 1.03.